The summed E-state index contributed by atoms with van der Waals surface area (Å²) in [5.74, 6) is -0.227. The average molecular weight is 414 g/mol. The van der Waals surface area contributed by atoms with Crippen LogP contribution >= 0.6 is 23.4 Å². The van der Waals surface area contributed by atoms with E-state index >= 15 is 0 Å². The Balaban J connectivity index is 1.69. The van der Waals surface area contributed by atoms with E-state index in [1.54, 1.807) is 24.3 Å². The van der Waals surface area contributed by atoms with Crippen LogP contribution in [0.1, 0.15) is 26.4 Å². The zero-order valence-corrected chi connectivity index (χ0v) is 16.5. The number of thioether (sulfide) groups is 1. The SMILES string of the molecule is COC(=O)c1ccc(NC(=O)c2nc(SCc3ccccc3)ncc2Cl)cc1. The molecule has 1 amide bonds. The van der Waals surface area contributed by atoms with E-state index in [1.165, 1.54) is 25.1 Å². The van der Waals surface area contributed by atoms with Crippen LogP contribution in [0.2, 0.25) is 5.02 Å². The van der Waals surface area contributed by atoms with Gasteiger partial charge >= 0.3 is 5.97 Å². The molecule has 8 heteroatoms. The highest BCUT2D eigenvalue weighted by molar-refractivity contribution is 7.98. The molecule has 3 aromatic rings. The highest BCUT2D eigenvalue weighted by Crippen LogP contribution is 2.22. The van der Waals surface area contributed by atoms with E-state index in [4.69, 9.17) is 11.6 Å². The van der Waals surface area contributed by atoms with Gasteiger partial charge in [0, 0.05) is 11.4 Å². The summed E-state index contributed by atoms with van der Waals surface area (Å²) in [6.45, 7) is 0. The van der Waals surface area contributed by atoms with Crippen molar-refractivity contribution in [3.63, 3.8) is 0 Å². The molecule has 6 nitrogen and oxygen atoms in total. The molecular weight excluding hydrogens is 398 g/mol. The average Bonchev–Trinajstić information content (AvgIpc) is 2.73. The second-order valence-corrected chi connectivity index (χ2v) is 7.00. The van der Waals surface area contributed by atoms with Gasteiger partial charge in [-0.1, -0.05) is 53.7 Å². The predicted molar refractivity (Wildman–Crippen MR) is 109 cm³/mol. The molecule has 0 saturated heterocycles. The maximum atomic E-state index is 12.5. The number of benzene rings is 2. The Morgan fingerprint density at radius 1 is 1.11 bits per heavy atom. The first-order valence-electron chi connectivity index (χ1n) is 8.26. The number of halogens is 1. The zero-order chi connectivity index (χ0) is 19.9. The Labute approximate surface area is 171 Å². The first kappa shape index (κ1) is 19.9. The highest BCUT2D eigenvalue weighted by Gasteiger charge is 2.15. The van der Waals surface area contributed by atoms with Gasteiger partial charge in [0.25, 0.3) is 5.91 Å². The van der Waals surface area contributed by atoms with Crippen LogP contribution < -0.4 is 5.32 Å². The molecule has 0 radical (unpaired) electrons. The number of anilines is 1. The van der Waals surface area contributed by atoms with Crippen LogP contribution in [0.25, 0.3) is 0 Å². The van der Waals surface area contributed by atoms with Gasteiger partial charge in [0.05, 0.1) is 23.9 Å². The first-order valence-corrected chi connectivity index (χ1v) is 9.62. The monoisotopic (exact) mass is 413 g/mol. The van der Waals surface area contributed by atoms with Crippen LogP contribution in [-0.4, -0.2) is 29.0 Å². The number of methoxy groups -OCH3 is 1. The third-order valence-electron chi connectivity index (χ3n) is 3.71. The lowest BCUT2D eigenvalue weighted by atomic mass is 10.2. The summed E-state index contributed by atoms with van der Waals surface area (Å²) in [4.78, 5) is 32.5. The van der Waals surface area contributed by atoms with Crippen LogP contribution in [0.3, 0.4) is 0 Å². The van der Waals surface area contributed by atoms with Crippen LogP contribution in [0.4, 0.5) is 5.69 Å². The molecule has 0 unspecified atom stereocenters. The van der Waals surface area contributed by atoms with Gasteiger partial charge in [0.15, 0.2) is 10.9 Å². The number of nitrogens with zero attached hydrogens (tertiary/aromatic N) is 2. The van der Waals surface area contributed by atoms with E-state index in [9.17, 15) is 9.59 Å². The van der Waals surface area contributed by atoms with Crippen molar-refractivity contribution in [2.24, 2.45) is 0 Å². The molecule has 2 aromatic carbocycles. The maximum Gasteiger partial charge on any atom is 0.337 e. The fourth-order valence-electron chi connectivity index (χ4n) is 2.30. The summed E-state index contributed by atoms with van der Waals surface area (Å²) >= 11 is 7.52. The van der Waals surface area contributed by atoms with Crippen molar-refractivity contribution in [2.75, 3.05) is 12.4 Å². The minimum absolute atomic E-state index is 0.0873. The van der Waals surface area contributed by atoms with Crippen molar-refractivity contribution < 1.29 is 14.3 Å². The third kappa shape index (κ3) is 5.09. The van der Waals surface area contributed by atoms with E-state index < -0.39 is 11.9 Å². The zero-order valence-electron chi connectivity index (χ0n) is 14.9. The molecule has 0 fully saturated rings. The summed E-state index contributed by atoms with van der Waals surface area (Å²) in [5, 5.41) is 3.33. The second kappa shape index (κ2) is 9.34. The second-order valence-electron chi connectivity index (χ2n) is 5.65. The van der Waals surface area contributed by atoms with Crippen molar-refractivity contribution >= 4 is 40.9 Å². The number of carbonyl (C=O) groups is 2. The number of esters is 1. The number of nitrogens with one attached hydrogen (secondary N) is 1. The normalized spacial score (nSPS) is 10.4. The van der Waals surface area contributed by atoms with Crippen LogP contribution in [0.15, 0.2) is 66.0 Å². The number of rotatable bonds is 6. The van der Waals surface area contributed by atoms with Crippen LogP contribution in [-0.2, 0) is 10.5 Å². The molecule has 3 rings (SSSR count). The summed E-state index contributed by atoms with van der Waals surface area (Å²) in [5.41, 5.74) is 2.11. The maximum absolute atomic E-state index is 12.5. The van der Waals surface area contributed by atoms with Gasteiger partial charge in [-0.25, -0.2) is 14.8 Å². The minimum Gasteiger partial charge on any atom is -0.465 e. The number of aromatic nitrogens is 2. The molecule has 1 aromatic heterocycles. The van der Waals surface area contributed by atoms with E-state index in [-0.39, 0.29) is 10.7 Å². The Kier molecular flexibility index (Phi) is 6.62. The van der Waals surface area contributed by atoms with E-state index in [2.05, 4.69) is 20.0 Å². The molecule has 0 saturated carbocycles. The largest absolute Gasteiger partial charge is 0.465 e. The van der Waals surface area contributed by atoms with Gasteiger partial charge < -0.3 is 10.1 Å². The van der Waals surface area contributed by atoms with Crippen molar-refractivity contribution in [3.05, 3.63) is 82.6 Å². The van der Waals surface area contributed by atoms with E-state index in [1.807, 2.05) is 30.3 Å². The highest BCUT2D eigenvalue weighted by atomic mass is 35.5. The van der Waals surface area contributed by atoms with Gasteiger partial charge in [0.1, 0.15) is 0 Å². The topological polar surface area (TPSA) is 81.2 Å². The Morgan fingerprint density at radius 3 is 2.50 bits per heavy atom. The van der Waals surface area contributed by atoms with Gasteiger partial charge in [-0.2, -0.15) is 0 Å². The fraction of sp³-hybridized carbons (Fsp3) is 0.100. The van der Waals surface area contributed by atoms with Crippen molar-refractivity contribution in [3.8, 4) is 0 Å². The summed E-state index contributed by atoms with van der Waals surface area (Å²) in [6.07, 6.45) is 1.41. The fourth-order valence-corrected chi connectivity index (χ4v) is 3.25. The van der Waals surface area contributed by atoms with E-state index in [0.29, 0.717) is 22.2 Å². The molecule has 1 N–H and O–H groups in total. The molecule has 0 spiro atoms. The molecule has 0 aliphatic carbocycles. The Hall–Kier alpha value is -2.90. The lowest BCUT2D eigenvalue weighted by molar-refractivity contribution is 0.0600. The number of ether oxygens (including phenoxy) is 1. The summed E-state index contributed by atoms with van der Waals surface area (Å²) < 4.78 is 4.65. The lowest BCUT2D eigenvalue weighted by Gasteiger charge is -2.08. The summed E-state index contributed by atoms with van der Waals surface area (Å²) in [6, 6.07) is 16.2. The van der Waals surface area contributed by atoms with E-state index in [0.717, 1.165) is 5.56 Å². The van der Waals surface area contributed by atoms with Gasteiger partial charge in [-0.05, 0) is 29.8 Å². The molecule has 0 atom stereocenters. The number of hydrogen-bond acceptors (Lipinski definition) is 6. The van der Waals surface area contributed by atoms with Crippen LogP contribution in [0, 0.1) is 0 Å². The quantitative estimate of drug-likeness (QED) is 0.365. The summed E-state index contributed by atoms with van der Waals surface area (Å²) in [7, 11) is 1.31. The van der Waals surface area contributed by atoms with Crippen molar-refractivity contribution in [1.82, 2.24) is 9.97 Å². The Bertz CT molecular complexity index is 982. The minimum atomic E-state index is -0.459. The van der Waals surface area contributed by atoms with Crippen molar-refractivity contribution in [1.29, 1.82) is 0 Å². The molecule has 28 heavy (non-hydrogen) atoms. The van der Waals surface area contributed by atoms with Crippen LogP contribution in [0.5, 0.6) is 0 Å². The van der Waals surface area contributed by atoms with Gasteiger partial charge in [0.2, 0.25) is 0 Å². The number of carbonyl (C=O) groups excluding carboxylic acids is 2. The molecule has 1 heterocycles. The van der Waals surface area contributed by atoms with Gasteiger partial charge in [-0.15, -0.1) is 0 Å². The van der Waals surface area contributed by atoms with Gasteiger partial charge in [-0.3, -0.25) is 4.79 Å². The number of amides is 1. The Morgan fingerprint density at radius 2 is 1.82 bits per heavy atom. The first-order chi connectivity index (χ1) is 13.6. The predicted octanol–water partition coefficient (Wildman–Crippen LogP) is 4.46. The number of hydrogen-bond donors (Lipinski definition) is 1. The standard InChI is InChI=1S/C20H16ClN3O3S/c1-27-19(26)14-7-9-15(10-8-14)23-18(25)17-16(21)11-22-20(24-17)28-12-13-5-3-2-4-6-13/h2-11H,12H2,1H3,(H,23,25). The molecule has 0 aliphatic rings. The third-order valence-corrected chi connectivity index (χ3v) is 4.92. The lowest BCUT2D eigenvalue weighted by Crippen LogP contribution is -2.15. The smallest absolute Gasteiger partial charge is 0.337 e. The molecule has 0 aliphatic heterocycles. The molecule has 142 valence electrons. The molecule has 0 bridgehead atoms. The molecular formula is C20H16ClN3O3S. The van der Waals surface area contributed by atoms with Crippen molar-refractivity contribution in [2.45, 2.75) is 10.9 Å².